The fraction of sp³-hybridized carbons (Fsp3) is 0.294. The number of benzene rings is 2. The molecule has 0 bridgehead atoms. The smallest absolute Gasteiger partial charge is 0.115 e. The lowest BCUT2D eigenvalue weighted by Gasteiger charge is -2.36. The maximum absolute atomic E-state index is 9.45. The van der Waals surface area contributed by atoms with Gasteiger partial charge in [0.05, 0.1) is 12.1 Å². The first-order chi connectivity index (χ1) is 10.1. The Morgan fingerprint density at radius 1 is 0.952 bits per heavy atom. The first-order valence-corrected chi connectivity index (χ1v) is 7.48. The number of rotatable bonds is 4. The third-order valence-corrected chi connectivity index (χ3v) is 4.20. The quantitative estimate of drug-likeness (QED) is 0.812. The van der Waals surface area contributed by atoms with Crippen LogP contribution in [0, 0.1) is 0 Å². The molecule has 3 rings (SSSR count). The van der Waals surface area contributed by atoms with Gasteiger partial charge in [0, 0.05) is 11.1 Å². The van der Waals surface area contributed by atoms with Crippen LogP contribution >= 0.6 is 11.6 Å². The molecule has 2 aromatic carbocycles. The summed E-state index contributed by atoms with van der Waals surface area (Å²) in [5, 5.41) is 23.2. The molecule has 1 atom stereocenters. The average molecular weight is 304 g/mol. The van der Waals surface area contributed by atoms with Crippen LogP contribution in [0.1, 0.15) is 30.0 Å². The average Bonchev–Trinajstić information content (AvgIpc) is 2.45. The molecule has 1 fully saturated rings. The van der Waals surface area contributed by atoms with Crippen LogP contribution in [-0.4, -0.2) is 22.4 Å². The highest BCUT2D eigenvalue weighted by molar-refractivity contribution is 6.30. The van der Waals surface area contributed by atoms with Gasteiger partial charge in [-0.25, -0.2) is 0 Å². The Bertz CT molecular complexity index is 546. The predicted molar refractivity (Wildman–Crippen MR) is 83.6 cm³/mol. The monoisotopic (exact) mass is 303 g/mol. The Morgan fingerprint density at radius 3 is 2.00 bits per heavy atom. The van der Waals surface area contributed by atoms with Gasteiger partial charge in [-0.3, -0.25) is 0 Å². The van der Waals surface area contributed by atoms with Gasteiger partial charge in [-0.2, -0.15) is 0 Å². The van der Waals surface area contributed by atoms with Crippen LogP contribution in [0.15, 0.2) is 48.5 Å². The van der Waals surface area contributed by atoms with Crippen LogP contribution in [0.3, 0.4) is 0 Å². The molecule has 2 aromatic rings. The van der Waals surface area contributed by atoms with Gasteiger partial charge in [0.1, 0.15) is 5.75 Å². The van der Waals surface area contributed by atoms with Crippen molar-refractivity contribution >= 4 is 11.6 Å². The molecule has 0 aliphatic heterocycles. The van der Waals surface area contributed by atoms with Gasteiger partial charge in [0.15, 0.2) is 0 Å². The van der Waals surface area contributed by atoms with Crippen LogP contribution in [0.2, 0.25) is 5.02 Å². The Balaban J connectivity index is 1.86. The van der Waals surface area contributed by atoms with Crippen LogP contribution in [0.4, 0.5) is 0 Å². The van der Waals surface area contributed by atoms with Crippen LogP contribution in [0.5, 0.6) is 5.75 Å². The van der Waals surface area contributed by atoms with Crippen LogP contribution < -0.4 is 5.32 Å². The van der Waals surface area contributed by atoms with E-state index < -0.39 is 0 Å². The molecule has 4 heteroatoms. The third kappa shape index (κ3) is 3.38. The SMILES string of the molecule is Oc1ccc(C(NC2CC(O)C2)c2ccc(Cl)cc2)cc1. The van der Waals surface area contributed by atoms with Crippen molar-refractivity contribution in [1.82, 2.24) is 5.32 Å². The second kappa shape index (κ2) is 6.06. The number of nitrogens with one attached hydrogen (secondary N) is 1. The van der Waals surface area contributed by atoms with E-state index in [2.05, 4.69) is 5.32 Å². The van der Waals surface area contributed by atoms with Gasteiger partial charge in [-0.15, -0.1) is 0 Å². The summed E-state index contributed by atoms with van der Waals surface area (Å²) in [7, 11) is 0. The van der Waals surface area contributed by atoms with Crippen molar-refractivity contribution in [2.45, 2.75) is 31.0 Å². The summed E-state index contributed by atoms with van der Waals surface area (Å²) in [6.45, 7) is 0. The predicted octanol–water partition coefficient (Wildman–Crippen LogP) is 3.25. The molecule has 3 N–H and O–H groups in total. The summed E-state index contributed by atoms with van der Waals surface area (Å²) in [6, 6.07) is 15.3. The number of phenols is 1. The highest BCUT2D eigenvalue weighted by Gasteiger charge is 2.29. The number of halogens is 1. The van der Waals surface area contributed by atoms with Crippen LogP contribution in [0.25, 0.3) is 0 Å². The maximum Gasteiger partial charge on any atom is 0.115 e. The molecule has 21 heavy (non-hydrogen) atoms. The number of hydrogen-bond donors (Lipinski definition) is 3. The van der Waals surface area contributed by atoms with E-state index in [1.54, 1.807) is 12.1 Å². The van der Waals surface area contributed by atoms with Crippen molar-refractivity contribution < 1.29 is 10.2 Å². The lowest BCUT2D eigenvalue weighted by molar-refractivity contribution is 0.0595. The van der Waals surface area contributed by atoms with Gasteiger partial charge in [0.2, 0.25) is 0 Å². The maximum atomic E-state index is 9.45. The minimum absolute atomic E-state index is 0.0281. The fourth-order valence-corrected chi connectivity index (χ4v) is 2.79. The molecule has 1 unspecified atom stereocenters. The van der Waals surface area contributed by atoms with Gasteiger partial charge in [-0.1, -0.05) is 35.9 Å². The number of aromatic hydroxyl groups is 1. The van der Waals surface area contributed by atoms with Gasteiger partial charge in [0.25, 0.3) is 0 Å². The highest BCUT2D eigenvalue weighted by atomic mass is 35.5. The molecule has 0 radical (unpaired) electrons. The molecular weight excluding hydrogens is 286 g/mol. The third-order valence-electron chi connectivity index (χ3n) is 3.95. The highest BCUT2D eigenvalue weighted by Crippen LogP contribution is 2.29. The zero-order chi connectivity index (χ0) is 14.8. The molecule has 0 saturated heterocycles. The van der Waals surface area contributed by atoms with Crippen LogP contribution in [-0.2, 0) is 0 Å². The first kappa shape index (κ1) is 14.4. The number of aliphatic hydroxyl groups excluding tert-OH is 1. The zero-order valence-corrected chi connectivity index (χ0v) is 12.3. The molecule has 0 spiro atoms. The second-order valence-electron chi connectivity index (χ2n) is 5.56. The van der Waals surface area contributed by atoms with Crippen molar-refractivity contribution in [2.75, 3.05) is 0 Å². The van der Waals surface area contributed by atoms with E-state index in [0.29, 0.717) is 11.1 Å². The lowest BCUT2D eigenvalue weighted by Crippen LogP contribution is -2.45. The summed E-state index contributed by atoms with van der Waals surface area (Å²) in [4.78, 5) is 0. The largest absolute Gasteiger partial charge is 0.508 e. The second-order valence-corrected chi connectivity index (χ2v) is 6.00. The van der Waals surface area contributed by atoms with Gasteiger partial charge < -0.3 is 15.5 Å². The molecule has 0 heterocycles. The van der Waals surface area contributed by atoms with E-state index in [9.17, 15) is 10.2 Å². The van der Waals surface area contributed by atoms with Gasteiger partial charge >= 0.3 is 0 Å². The standard InChI is InChI=1S/C17H18ClNO2/c18-13-5-1-11(2-6-13)17(19-14-9-16(21)10-14)12-3-7-15(20)8-4-12/h1-8,14,16-17,19-21H,9-10H2. The normalized spacial score (nSPS) is 22.6. The first-order valence-electron chi connectivity index (χ1n) is 7.10. The molecule has 110 valence electrons. The molecule has 0 amide bonds. The summed E-state index contributed by atoms with van der Waals surface area (Å²) in [5.41, 5.74) is 2.20. The summed E-state index contributed by atoms with van der Waals surface area (Å²) in [5.74, 6) is 0.257. The van der Waals surface area contributed by atoms with Crippen molar-refractivity contribution in [3.05, 3.63) is 64.7 Å². The van der Waals surface area contributed by atoms with E-state index in [1.807, 2.05) is 36.4 Å². The molecule has 1 aliphatic carbocycles. The van der Waals surface area contributed by atoms with E-state index >= 15 is 0 Å². The van der Waals surface area contributed by atoms with Gasteiger partial charge in [-0.05, 0) is 48.2 Å². The fourth-order valence-electron chi connectivity index (χ4n) is 2.67. The van der Waals surface area contributed by atoms with Crippen molar-refractivity contribution in [3.63, 3.8) is 0 Å². The van der Waals surface area contributed by atoms with Crippen molar-refractivity contribution in [3.8, 4) is 5.75 Å². The molecule has 0 aromatic heterocycles. The van der Waals surface area contributed by atoms with E-state index in [-0.39, 0.29) is 17.9 Å². The summed E-state index contributed by atoms with van der Waals surface area (Å²) in [6.07, 6.45) is 1.37. The summed E-state index contributed by atoms with van der Waals surface area (Å²) >= 11 is 5.96. The molecule has 1 aliphatic rings. The summed E-state index contributed by atoms with van der Waals surface area (Å²) < 4.78 is 0. The Labute approximate surface area is 129 Å². The lowest BCUT2D eigenvalue weighted by atomic mass is 9.87. The Morgan fingerprint density at radius 2 is 1.48 bits per heavy atom. The van der Waals surface area contributed by atoms with E-state index in [0.717, 1.165) is 24.0 Å². The number of hydrogen-bond acceptors (Lipinski definition) is 3. The number of aliphatic hydroxyl groups is 1. The zero-order valence-electron chi connectivity index (χ0n) is 11.5. The van der Waals surface area contributed by atoms with E-state index in [4.69, 9.17) is 11.6 Å². The minimum atomic E-state index is -0.187. The minimum Gasteiger partial charge on any atom is -0.508 e. The molecule has 3 nitrogen and oxygen atoms in total. The Kier molecular flexibility index (Phi) is 4.15. The number of phenolic OH excluding ortho intramolecular Hbond substituents is 1. The van der Waals surface area contributed by atoms with E-state index in [1.165, 1.54) is 0 Å². The topological polar surface area (TPSA) is 52.5 Å². The van der Waals surface area contributed by atoms with Crippen molar-refractivity contribution in [1.29, 1.82) is 0 Å². The Hall–Kier alpha value is -1.55. The van der Waals surface area contributed by atoms with Crippen molar-refractivity contribution in [2.24, 2.45) is 0 Å². The molecular formula is C17H18ClNO2. The molecule has 1 saturated carbocycles.